The van der Waals surface area contributed by atoms with Crippen molar-refractivity contribution >= 4 is 56.1 Å². The van der Waals surface area contributed by atoms with Crippen LogP contribution in [0.25, 0.3) is 6.08 Å². The van der Waals surface area contributed by atoms with Crippen molar-refractivity contribution in [2.24, 2.45) is 0 Å². The second-order valence-electron chi connectivity index (χ2n) is 4.43. The first-order chi connectivity index (χ1) is 11.1. The fourth-order valence-electron chi connectivity index (χ4n) is 1.66. The lowest BCUT2D eigenvalue weighted by atomic mass is 10.2. The average Bonchev–Trinajstić information content (AvgIpc) is 2.98. The summed E-state index contributed by atoms with van der Waals surface area (Å²) in [5.74, 6) is 1.44. The van der Waals surface area contributed by atoms with Crippen molar-refractivity contribution in [3.05, 3.63) is 34.3 Å². The summed E-state index contributed by atoms with van der Waals surface area (Å²) >= 11 is 6.42. The lowest BCUT2D eigenvalue weighted by Gasteiger charge is -2.04. The number of aromatic nitrogens is 2. The summed E-state index contributed by atoms with van der Waals surface area (Å²) in [6.45, 7) is 2.11. The Morgan fingerprint density at radius 3 is 3.04 bits per heavy atom. The van der Waals surface area contributed by atoms with E-state index in [1.165, 1.54) is 17.4 Å². The number of halogens is 1. The van der Waals surface area contributed by atoms with Gasteiger partial charge in [-0.15, -0.1) is 10.2 Å². The highest BCUT2D eigenvalue weighted by molar-refractivity contribution is 9.10. The summed E-state index contributed by atoms with van der Waals surface area (Å²) in [6, 6.07) is 5.60. The number of hydrogen-bond donors (Lipinski definition) is 1. The van der Waals surface area contributed by atoms with Crippen LogP contribution in [0.4, 0.5) is 5.13 Å². The van der Waals surface area contributed by atoms with Gasteiger partial charge in [0.2, 0.25) is 11.0 Å². The van der Waals surface area contributed by atoms with Crippen molar-refractivity contribution in [2.75, 3.05) is 18.2 Å². The number of hydrogen-bond acceptors (Lipinski definition) is 6. The normalized spacial score (nSPS) is 10.9. The van der Waals surface area contributed by atoms with Crippen molar-refractivity contribution in [1.82, 2.24) is 10.2 Å². The monoisotopic (exact) mass is 413 g/mol. The number of methoxy groups -OCH3 is 1. The fraction of sp³-hybridized carbons (Fsp3) is 0.267. The number of nitrogens with zero attached hydrogens (tertiary/aromatic N) is 2. The molecule has 122 valence electrons. The quantitative estimate of drug-likeness (QED) is 0.412. The number of rotatable bonds is 7. The van der Waals surface area contributed by atoms with E-state index in [2.05, 4.69) is 38.4 Å². The van der Waals surface area contributed by atoms with Crippen LogP contribution in [0, 0.1) is 0 Å². The predicted molar refractivity (Wildman–Crippen MR) is 99.3 cm³/mol. The van der Waals surface area contributed by atoms with Crippen molar-refractivity contribution in [2.45, 2.75) is 17.7 Å². The van der Waals surface area contributed by atoms with E-state index < -0.39 is 0 Å². The molecule has 0 spiro atoms. The Bertz CT molecular complexity index is 704. The fourth-order valence-corrected chi connectivity index (χ4v) is 3.71. The molecule has 0 saturated heterocycles. The van der Waals surface area contributed by atoms with Gasteiger partial charge in [-0.05, 0) is 30.7 Å². The van der Waals surface area contributed by atoms with Crippen LogP contribution in [0.5, 0.6) is 5.75 Å². The molecule has 0 fully saturated rings. The molecular formula is C15H16BrN3O2S2. The van der Waals surface area contributed by atoms with Gasteiger partial charge in [0, 0.05) is 21.9 Å². The smallest absolute Gasteiger partial charge is 0.250 e. The number of anilines is 1. The molecule has 1 amide bonds. The Balaban J connectivity index is 1.99. The first kappa shape index (κ1) is 18.0. The summed E-state index contributed by atoms with van der Waals surface area (Å²) in [5.41, 5.74) is 0.813. The summed E-state index contributed by atoms with van der Waals surface area (Å²) in [7, 11) is 1.59. The number of benzene rings is 1. The zero-order valence-electron chi connectivity index (χ0n) is 12.7. The maximum atomic E-state index is 12.0. The summed E-state index contributed by atoms with van der Waals surface area (Å²) in [5, 5.41) is 11.2. The van der Waals surface area contributed by atoms with Gasteiger partial charge in [-0.25, -0.2) is 0 Å². The molecule has 0 unspecified atom stereocenters. The Labute approximate surface area is 151 Å². The molecule has 0 aliphatic carbocycles. The van der Waals surface area contributed by atoms with Crippen LogP contribution < -0.4 is 10.1 Å². The number of nitrogens with one attached hydrogen (secondary N) is 1. The Kier molecular flexibility index (Phi) is 7.07. The first-order valence-corrected chi connectivity index (χ1v) is 9.50. The van der Waals surface area contributed by atoms with Crippen molar-refractivity contribution in [1.29, 1.82) is 0 Å². The van der Waals surface area contributed by atoms with Crippen LogP contribution in [0.1, 0.15) is 18.9 Å². The molecule has 2 rings (SSSR count). The number of amides is 1. The third-order valence-corrected chi connectivity index (χ3v) is 5.34. The Hall–Kier alpha value is -1.38. The molecule has 5 nitrogen and oxygen atoms in total. The number of carbonyl (C=O) groups is 1. The van der Waals surface area contributed by atoms with Crippen LogP contribution in [0.2, 0.25) is 0 Å². The van der Waals surface area contributed by atoms with Crippen LogP contribution in [-0.4, -0.2) is 29.0 Å². The summed E-state index contributed by atoms with van der Waals surface area (Å²) < 4.78 is 7.04. The molecule has 0 aliphatic rings. The molecule has 23 heavy (non-hydrogen) atoms. The highest BCUT2D eigenvalue weighted by Crippen LogP contribution is 2.26. The highest BCUT2D eigenvalue weighted by atomic mass is 79.9. The Morgan fingerprint density at radius 1 is 1.48 bits per heavy atom. The molecule has 8 heteroatoms. The van der Waals surface area contributed by atoms with Crippen LogP contribution in [-0.2, 0) is 4.79 Å². The maximum Gasteiger partial charge on any atom is 0.250 e. The van der Waals surface area contributed by atoms with E-state index in [1.54, 1.807) is 24.9 Å². The zero-order valence-corrected chi connectivity index (χ0v) is 15.9. The second kappa shape index (κ2) is 9.05. The van der Waals surface area contributed by atoms with E-state index in [0.29, 0.717) is 10.9 Å². The molecule has 1 N–H and O–H groups in total. The molecule has 0 atom stereocenters. The summed E-state index contributed by atoms with van der Waals surface area (Å²) in [4.78, 5) is 12.0. The zero-order chi connectivity index (χ0) is 16.7. The van der Waals surface area contributed by atoms with Gasteiger partial charge in [-0.3, -0.25) is 10.1 Å². The molecular weight excluding hydrogens is 398 g/mol. The van der Waals surface area contributed by atoms with Crippen LogP contribution in [0.15, 0.2) is 33.1 Å². The van der Waals surface area contributed by atoms with E-state index in [4.69, 9.17) is 4.74 Å². The topological polar surface area (TPSA) is 64.1 Å². The SMILES string of the molecule is CCCSc1nnc(NC(=O)/C=C/c2cc(Br)ccc2OC)s1. The molecule has 1 aromatic carbocycles. The van der Waals surface area contributed by atoms with Gasteiger partial charge in [0.05, 0.1) is 7.11 Å². The van der Waals surface area contributed by atoms with Crippen molar-refractivity contribution in [3.8, 4) is 5.75 Å². The van der Waals surface area contributed by atoms with Gasteiger partial charge in [-0.1, -0.05) is 46.0 Å². The van der Waals surface area contributed by atoms with Gasteiger partial charge >= 0.3 is 0 Å². The van der Waals surface area contributed by atoms with E-state index in [-0.39, 0.29) is 5.91 Å². The first-order valence-electron chi connectivity index (χ1n) is 6.91. The van der Waals surface area contributed by atoms with Gasteiger partial charge < -0.3 is 4.74 Å². The standard InChI is InChI=1S/C15H16BrN3O2S2/c1-3-8-22-15-19-18-14(23-15)17-13(20)7-4-10-9-11(16)5-6-12(10)21-2/h4-7,9H,3,8H2,1-2H3,(H,17,18,20)/b7-4+. The highest BCUT2D eigenvalue weighted by Gasteiger charge is 2.07. The molecule has 0 radical (unpaired) electrons. The average molecular weight is 414 g/mol. The van der Waals surface area contributed by atoms with E-state index in [0.717, 1.165) is 26.5 Å². The third-order valence-electron chi connectivity index (χ3n) is 2.67. The van der Waals surface area contributed by atoms with Gasteiger partial charge in [0.1, 0.15) is 5.75 Å². The largest absolute Gasteiger partial charge is 0.496 e. The van der Waals surface area contributed by atoms with Gasteiger partial charge in [0.25, 0.3) is 0 Å². The number of thioether (sulfide) groups is 1. The minimum atomic E-state index is -0.254. The molecule has 1 heterocycles. The number of ether oxygens (including phenoxy) is 1. The van der Waals surface area contributed by atoms with E-state index in [9.17, 15) is 4.79 Å². The molecule has 0 bridgehead atoms. The van der Waals surface area contributed by atoms with E-state index in [1.807, 2.05) is 18.2 Å². The second-order valence-corrected chi connectivity index (χ2v) is 7.67. The summed E-state index contributed by atoms with van der Waals surface area (Å²) in [6.07, 6.45) is 4.22. The molecule has 1 aromatic heterocycles. The lowest BCUT2D eigenvalue weighted by molar-refractivity contribution is -0.111. The third kappa shape index (κ3) is 5.63. The molecule has 2 aromatic rings. The number of carbonyl (C=O) groups excluding carboxylic acids is 1. The van der Waals surface area contributed by atoms with Crippen molar-refractivity contribution < 1.29 is 9.53 Å². The van der Waals surface area contributed by atoms with Crippen LogP contribution in [0.3, 0.4) is 0 Å². The molecule has 0 aliphatic heterocycles. The minimum Gasteiger partial charge on any atom is -0.496 e. The van der Waals surface area contributed by atoms with Crippen LogP contribution >= 0.6 is 39.0 Å². The predicted octanol–water partition coefficient (Wildman–Crippen LogP) is 4.46. The van der Waals surface area contributed by atoms with E-state index >= 15 is 0 Å². The Morgan fingerprint density at radius 2 is 2.30 bits per heavy atom. The lowest BCUT2D eigenvalue weighted by Crippen LogP contribution is -2.07. The van der Waals surface area contributed by atoms with Gasteiger partial charge in [-0.2, -0.15) is 0 Å². The molecule has 0 saturated carbocycles. The van der Waals surface area contributed by atoms with Gasteiger partial charge in [0.15, 0.2) is 4.34 Å². The maximum absolute atomic E-state index is 12.0. The minimum absolute atomic E-state index is 0.254. The van der Waals surface area contributed by atoms with Crippen molar-refractivity contribution in [3.63, 3.8) is 0 Å².